The predicted molar refractivity (Wildman–Crippen MR) is 144 cm³/mol. The molecule has 0 bridgehead atoms. The number of carbonyl (C=O) groups excluding carboxylic acids is 2. The molecule has 2 aliphatic heterocycles. The minimum absolute atomic E-state index is 0. The number of nitrogens with zero attached hydrogens (tertiary/aromatic N) is 4. The summed E-state index contributed by atoms with van der Waals surface area (Å²) in [5, 5.41) is 0. The largest absolute Gasteiger partial charge is 0.497 e. The second kappa shape index (κ2) is 13.7. The summed E-state index contributed by atoms with van der Waals surface area (Å²) in [6, 6.07) is 17.0. The summed E-state index contributed by atoms with van der Waals surface area (Å²) in [4.78, 5) is 35.0. The van der Waals surface area contributed by atoms with Gasteiger partial charge in [0.1, 0.15) is 12.3 Å². The molecule has 0 spiro atoms. The fourth-order valence-electron chi connectivity index (χ4n) is 4.71. The lowest BCUT2D eigenvalue weighted by Crippen LogP contribution is -2.55. The first kappa shape index (κ1) is 28.9. The van der Waals surface area contributed by atoms with E-state index in [0.29, 0.717) is 30.4 Å². The molecule has 0 N–H and O–H groups in total. The summed E-state index contributed by atoms with van der Waals surface area (Å²) >= 11 is 0. The van der Waals surface area contributed by atoms with Gasteiger partial charge in [0.2, 0.25) is 5.91 Å². The minimum atomic E-state index is -0.192. The monoisotopic (exact) mass is 522 g/mol. The molecule has 2 aliphatic rings. The normalized spacial score (nSPS) is 17.1. The molecule has 0 aromatic heterocycles. The molecular weight excluding hydrogens is 487 g/mol. The number of benzene rings is 2. The summed E-state index contributed by atoms with van der Waals surface area (Å²) in [5.41, 5.74) is 1.25. The third kappa shape index (κ3) is 7.34. The van der Waals surface area contributed by atoms with Gasteiger partial charge in [0, 0.05) is 43.5 Å². The number of hydrogen-bond donors (Lipinski definition) is 0. The van der Waals surface area contributed by atoms with Gasteiger partial charge in [0.25, 0.3) is 5.91 Å². The summed E-state index contributed by atoms with van der Waals surface area (Å²) in [6.45, 7) is 5.54. The molecule has 9 heteroatoms. The third-order valence-electron chi connectivity index (χ3n) is 6.81. The fraction of sp³-hybridized carbons (Fsp3) is 0.462. The Labute approximate surface area is 220 Å². The van der Waals surface area contributed by atoms with Gasteiger partial charge in [-0.25, -0.2) is 0 Å². The van der Waals surface area contributed by atoms with E-state index in [-0.39, 0.29) is 43.2 Å². The van der Waals surface area contributed by atoms with Crippen LogP contribution in [-0.4, -0.2) is 92.5 Å². The number of para-hydroxylation sites is 1. The van der Waals surface area contributed by atoms with E-state index in [1.165, 1.54) is 12.8 Å². The number of carbonyl (C=O) groups is 2. The first-order valence-corrected chi connectivity index (χ1v) is 11.8. The van der Waals surface area contributed by atoms with E-state index in [2.05, 4.69) is 16.8 Å². The molecule has 2 aromatic rings. The lowest BCUT2D eigenvalue weighted by molar-refractivity contribution is -0.131. The van der Waals surface area contributed by atoms with Crippen LogP contribution in [0.4, 0.5) is 5.69 Å². The average Bonchev–Trinajstić information content (AvgIpc) is 2.88. The van der Waals surface area contributed by atoms with Crippen LogP contribution in [0.1, 0.15) is 23.2 Å². The molecule has 0 unspecified atom stereocenters. The second-order valence-electron chi connectivity index (χ2n) is 8.91. The maximum Gasteiger partial charge on any atom is 0.258 e. The van der Waals surface area contributed by atoms with Gasteiger partial charge < -0.3 is 14.5 Å². The maximum absolute atomic E-state index is 13.4. The third-order valence-corrected chi connectivity index (χ3v) is 6.81. The molecule has 2 amide bonds. The minimum Gasteiger partial charge on any atom is -0.497 e. The highest BCUT2D eigenvalue weighted by atomic mass is 35.5. The van der Waals surface area contributed by atoms with E-state index in [9.17, 15) is 9.59 Å². The molecule has 0 atom stereocenters. The summed E-state index contributed by atoms with van der Waals surface area (Å²) in [6.07, 6.45) is 2.39. The molecule has 192 valence electrons. The molecule has 2 fully saturated rings. The number of piperazine rings is 1. The van der Waals surface area contributed by atoms with E-state index < -0.39 is 0 Å². The van der Waals surface area contributed by atoms with Crippen molar-refractivity contribution in [1.29, 1.82) is 0 Å². The molecule has 2 saturated heterocycles. The van der Waals surface area contributed by atoms with Gasteiger partial charge in [0.05, 0.1) is 7.11 Å². The smallest absolute Gasteiger partial charge is 0.258 e. The van der Waals surface area contributed by atoms with Crippen molar-refractivity contribution in [2.45, 2.75) is 18.9 Å². The van der Waals surface area contributed by atoms with Crippen molar-refractivity contribution in [2.75, 3.05) is 64.9 Å². The number of piperidine rings is 1. The molecule has 0 aliphatic carbocycles. The zero-order chi connectivity index (χ0) is 23.2. The van der Waals surface area contributed by atoms with E-state index in [1.54, 1.807) is 36.3 Å². The highest BCUT2D eigenvalue weighted by Crippen LogP contribution is 2.21. The Morgan fingerprint density at radius 1 is 0.886 bits per heavy atom. The number of rotatable bonds is 6. The molecular formula is C26H36Cl2N4O3. The number of methoxy groups -OCH3 is 1. The van der Waals surface area contributed by atoms with Crippen LogP contribution in [0.15, 0.2) is 54.6 Å². The lowest BCUT2D eigenvalue weighted by atomic mass is 10.0. The topological polar surface area (TPSA) is 56.3 Å². The Morgan fingerprint density at radius 2 is 1.49 bits per heavy atom. The van der Waals surface area contributed by atoms with Crippen molar-refractivity contribution < 1.29 is 14.3 Å². The van der Waals surface area contributed by atoms with Gasteiger partial charge in [-0.2, -0.15) is 0 Å². The van der Waals surface area contributed by atoms with Gasteiger partial charge >= 0.3 is 0 Å². The van der Waals surface area contributed by atoms with Gasteiger partial charge in [0.15, 0.2) is 0 Å². The molecule has 0 radical (unpaired) electrons. The highest BCUT2D eigenvalue weighted by Gasteiger charge is 2.30. The number of likely N-dealkylation sites (tertiary alicyclic amines) is 1. The first-order valence-electron chi connectivity index (χ1n) is 11.8. The zero-order valence-corrected chi connectivity index (χ0v) is 22.1. The van der Waals surface area contributed by atoms with E-state index in [1.807, 2.05) is 35.2 Å². The number of anilines is 1. The molecule has 2 aromatic carbocycles. The Bertz CT molecular complexity index is 929. The van der Waals surface area contributed by atoms with Gasteiger partial charge in [-0.15, -0.1) is 24.8 Å². The van der Waals surface area contributed by atoms with Crippen molar-refractivity contribution in [3.63, 3.8) is 0 Å². The van der Waals surface area contributed by atoms with Crippen LogP contribution in [0.2, 0.25) is 0 Å². The summed E-state index contributed by atoms with van der Waals surface area (Å²) < 4.78 is 5.20. The van der Waals surface area contributed by atoms with Crippen molar-refractivity contribution in [2.24, 2.45) is 0 Å². The zero-order valence-electron chi connectivity index (χ0n) is 20.5. The lowest BCUT2D eigenvalue weighted by Gasteiger charge is -2.42. The quantitative estimate of drug-likeness (QED) is 0.581. The highest BCUT2D eigenvalue weighted by molar-refractivity contribution is 6.08. The van der Waals surface area contributed by atoms with Crippen molar-refractivity contribution in [3.05, 3.63) is 60.2 Å². The summed E-state index contributed by atoms with van der Waals surface area (Å²) in [5.74, 6) is 0.488. The second-order valence-corrected chi connectivity index (χ2v) is 8.91. The van der Waals surface area contributed by atoms with Crippen LogP contribution in [0.25, 0.3) is 0 Å². The average molecular weight is 524 g/mol. The van der Waals surface area contributed by atoms with Crippen molar-refractivity contribution in [3.8, 4) is 5.75 Å². The summed E-state index contributed by atoms with van der Waals surface area (Å²) in [7, 11) is 3.77. The first-order chi connectivity index (χ1) is 16.0. The van der Waals surface area contributed by atoms with Crippen LogP contribution in [0.5, 0.6) is 5.75 Å². The van der Waals surface area contributed by atoms with Crippen LogP contribution >= 0.6 is 24.8 Å². The Morgan fingerprint density at radius 3 is 2.06 bits per heavy atom. The molecule has 35 heavy (non-hydrogen) atoms. The number of halogens is 2. The number of amides is 2. The van der Waals surface area contributed by atoms with E-state index in [4.69, 9.17) is 4.74 Å². The molecule has 7 nitrogen and oxygen atoms in total. The van der Waals surface area contributed by atoms with Crippen LogP contribution in [-0.2, 0) is 4.79 Å². The van der Waals surface area contributed by atoms with Gasteiger partial charge in [-0.05, 0) is 69.4 Å². The van der Waals surface area contributed by atoms with Crippen LogP contribution in [0, 0.1) is 0 Å². The Kier molecular flexibility index (Phi) is 11.3. The van der Waals surface area contributed by atoms with E-state index >= 15 is 0 Å². The SMILES string of the molecule is COc1ccc(C(=O)N(CC(=O)N2CCN(C3CCN(C)CC3)CC2)c2ccccc2)cc1.Cl.Cl. The van der Waals surface area contributed by atoms with Gasteiger partial charge in [-0.3, -0.25) is 19.4 Å². The van der Waals surface area contributed by atoms with Crippen molar-refractivity contribution in [1.82, 2.24) is 14.7 Å². The van der Waals surface area contributed by atoms with E-state index in [0.717, 1.165) is 31.9 Å². The standard InChI is InChI=1S/C26H34N4O3.2ClH/c1-27-14-12-22(13-15-27)28-16-18-29(19-17-28)25(31)20-30(23-6-4-3-5-7-23)26(32)21-8-10-24(33-2)11-9-21;;/h3-11,22H,12-20H2,1-2H3;2*1H. The number of hydrogen-bond acceptors (Lipinski definition) is 5. The number of ether oxygens (including phenoxy) is 1. The van der Waals surface area contributed by atoms with Crippen molar-refractivity contribution >= 4 is 42.3 Å². The van der Waals surface area contributed by atoms with Crippen LogP contribution in [0.3, 0.4) is 0 Å². The Hall–Kier alpha value is -2.32. The molecule has 0 saturated carbocycles. The van der Waals surface area contributed by atoms with Crippen LogP contribution < -0.4 is 9.64 Å². The fourth-order valence-corrected chi connectivity index (χ4v) is 4.71. The maximum atomic E-state index is 13.4. The van der Waals surface area contributed by atoms with Gasteiger partial charge in [-0.1, -0.05) is 18.2 Å². The predicted octanol–water partition coefficient (Wildman–Crippen LogP) is 3.42. The molecule has 2 heterocycles. The molecule has 4 rings (SSSR count). The Balaban J connectivity index is 0.00000216.